The molecule has 2 aliphatic rings. The number of hydrogen-bond acceptors (Lipinski definition) is 5. The molecule has 2 fully saturated rings. The van der Waals surface area contributed by atoms with Gasteiger partial charge in [0.25, 0.3) is 0 Å². The number of alkyl halides is 1. The molecule has 0 aromatic heterocycles. The standard InChI is InChI=1S/C14H16FN3O4/c1-19-14-10(15)11(17-18-16)12-9(21-14)7-20-13(22-12)8-5-3-2-4-6-8/h2-6,9-14H,7H2,1H3/t9?,10-,11+,12?,13+,14-/m0/s1. The predicted octanol–water partition coefficient (Wildman–Crippen LogP) is 2.49. The molecule has 0 spiro atoms. The zero-order valence-electron chi connectivity index (χ0n) is 11.9. The first-order valence-electron chi connectivity index (χ1n) is 6.93. The summed E-state index contributed by atoms with van der Waals surface area (Å²) in [4.78, 5) is 2.72. The Bertz CT molecular complexity index is 554. The largest absolute Gasteiger partial charge is 0.353 e. The van der Waals surface area contributed by atoms with Crippen molar-refractivity contribution in [2.75, 3.05) is 13.7 Å². The van der Waals surface area contributed by atoms with Crippen LogP contribution in [-0.2, 0) is 18.9 Å². The van der Waals surface area contributed by atoms with Gasteiger partial charge in [-0.05, 0) is 5.53 Å². The van der Waals surface area contributed by atoms with Gasteiger partial charge in [0.15, 0.2) is 18.8 Å². The van der Waals surface area contributed by atoms with E-state index < -0.39 is 37.0 Å². The molecule has 2 saturated heterocycles. The van der Waals surface area contributed by atoms with E-state index in [1.54, 1.807) is 0 Å². The third-order valence-electron chi connectivity index (χ3n) is 3.78. The molecule has 0 aliphatic carbocycles. The van der Waals surface area contributed by atoms with Gasteiger partial charge in [-0.1, -0.05) is 35.4 Å². The smallest absolute Gasteiger partial charge is 0.189 e. The molecule has 2 unspecified atom stereocenters. The molecule has 7 nitrogen and oxygen atoms in total. The van der Waals surface area contributed by atoms with Gasteiger partial charge in [-0.25, -0.2) is 4.39 Å². The Kier molecular flexibility index (Phi) is 4.56. The molecule has 0 N–H and O–H groups in total. The molecule has 0 bridgehead atoms. The van der Waals surface area contributed by atoms with Gasteiger partial charge in [0.2, 0.25) is 0 Å². The Labute approximate surface area is 126 Å². The lowest BCUT2D eigenvalue weighted by molar-refractivity contribution is -0.331. The number of halogens is 1. The summed E-state index contributed by atoms with van der Waals surface area (Å²) in [5, 5.41) is 3.54. The third kappa shape index (κ3) is 2.79. The van der Waals surface area contributed by atoms with Crippen molar-refractivity contribution in [3.05, 3.63) is 46.3 Å². The van der Waals surface area contributed by atoms with Crippen molar-refractivity contribution < 1.29 is 23.3 Å². The molecule has 0 saturated carbocycles. The number of benzene rings is 1. The lowest BCUT2D eigenvalue weighted by atomic mass is 9.97. The van der Waals surface area contributed by atoms with Gasteiger partial charge in [-0.2, -0.15) is 0 Å². The molecule has 0 amide bonds. The van der Waals surface area contributed by atoms with Crippen molar-refractivity contribution in [3.63, 3.8) is 0 Å². The number of methoxy groups -OCH3 is 1. The Morgan fingerprint density at radius 2 is 2.09 bits per heavy atom. The van der Waals surface area contributed by atoms with Gasteiger partial charge < -0.3 is 18.9 Å². The van der Waals surface area contributed by atoms with Crippen LogP contribution in [0, 0.1) is 0 Å². The van der Waals surface area contributed by atoms with Gasteiger partial charge in [0, 0.05) is 17.6 Å². The average Bonchev–Trinajstić information content (AvgIpc) is 2.57. The second-order valence-electron chi connectivity index (χ2n) is 5.10. The van der Waals surface area contributed by atoms with Crippen molar-refractivity contribution >= 4 is 0 Å². The SMILES string of the molecule is CO[C@H]1OC2CO[C@@H](c3ccccc3)OC2[C@H](N=[N+]=[N-])[C@@H]1F. The fraction of sp³-hybridized carbons (Fsp3) is 0.571. The summed E-state index contributed by atoms with van der Waals surface area (Å²) < 4.78 is 36.2. The van der Waals surface area contributed by atoms with Crippen LogP contribution < -0.4 is 0 Å². The summed E-state index contributed by atoms with van der Waals surface area (Å²) in [6, 6.07) is 8.26. The number of fused-ring (bicyclic) bond motifs is 1. The summed E-state index contributed by atoms with van der Waals surface area (Å²) in [6.45, 7) is 0.203. The number of ether oxygens (including phenoxy) is 4. The van der Waals surface area contributed by atoms with E-state index in [2.05, 4.69) is 10.0 Å². The van der Waals surface area contributed by atoms with Crippen LogP contribution in [0.2, 0.25) is 0 Å². The monoisotopic (exact) mass is 309 g/mol. The fourth-order valence-electron chi connectivity index (χ4n) is 2.71. The molecule has 2 aliphatic heterocycles. The van der Waals surface area contributed by atoms with E-state index in [0.29, 0.717) is 0 Å². The van der Waals surface area contributed by atoms with E-state index >= 15 is 0 Å². The highest BCUT2D eigenvalue weighted by Gasteiger charge is 2.50. The van der Waals surface area contributed by atoms with Crippen molar-refractivity contribution in [2.45, 2.75) is 37.0 Å². The topological polar surface area (TPSA) is 85.7 Å². The molecule has 1 aromatic carbocycles. The lowest BCUT2D eigenvalue weighted by Gasteiger charge is -2.45. The zero-order valence-corrected chi connectivity index (χ0v) is 11.9. The molecule has 118 valence electrons. The highest BCUT2D eigenvalue weighted by molar-refractivity contribution is 5.16. The minimum atomic E-state index is -1.60. The van der Waals surface area contributed by atoms with Gasteiger partial charge in [0.1, 0.15) is 18.2 Å². The van der Waals surface area contributed by atoms with Gasteiger partial charge in [-0.15, -0.1) is 0 Å². The second-order valence-corrected chi connectivity index (χ2v) is 5.10. The van der Waals surface area contributed by atoms with E-state index in [-0.39, 0.29) is 6.61 Å². The van der Waals surface area contributed by atoms with Crippen LogP contribution in [0.15, 0.2) is 35.4 Å². The maximum absolute atomic E-state index is 14.4. The van der Waals surface area contributed by atoms with Gasteiger partial charge >= 0.3 is 0 Å². The second kappa shape index (κ2) is 6.60. The molecule has 2 heterocycles. The van der Waals surface area contributed by atoms with Gasteiger partial charge in [-0.3, -0.25) is 0 Å². The molecule has 1 aromatic rings. The Morgan fingerprint density at radius 3 is 2.77 bits per heavy atom. The van der Waals surface area contributed by atoms with Crippen LogP contribution >= 0.6 is 0 Å². The highest BCUT2D eigenvalue weighted by atomic mass is 19.1. The molecule has 22 heavy (non-hydrogen) atoms. The summed E-state index contributed by atoms with van der Waals surface area (Å²) in [5.74, 6) is 0. The average molecular weight is 309 g/mol. The number of nitrogens with zero attached hydrogens (tertiary/aromatic N) is 3. The molecule has 3 rings (SSSR count). The number of rotatable bonds is 3. The van der Waals surface area contributed by atoms with Crippen molar-refractivity contribution in [2.24, 2.45) is 5.11 Å². The van der Waals surface area contributed by atoms with Crippen LogP contribution in [0.4, 0.5) is 4.39 Å². The van der Waals surface area contributed by atoms with Gasteiger partial charge in [0.05, 0.1) is 6.61 Å². The van der Waals surface area contributed by atoms with Crippen LogP contribution in [0.1, 0.15) is 11.9 Å². The third-order valence-corrected chi connectivity index (χ3v) is 3.78. The molecule has 8 heteroatoms. The lowest BCUT2D eigenvalue weighted by Crippen LogP contribution is -2.60. The van der Waals surface area contributed by atoms with Crippen molar-refractivity contribution in [1.29, 1.82) is 0 Å². The van der Waals surface area contributed by atoms with E-state index in [9.17, 15) is 4.39 Å². The normalized spacial score (nSPS) is 37.9. The van der Waals surface area contributed by atoms with Crippen LogP contribution in [0.3, 0.4) is 0 Å². The van der Waals surface area contributed by atoms with Crippen molar-refractivity contribution in [3.8, 4) is 0 Å². The van der Waals surface area contributed by atoms with Crippen LogP contribution in [0.25, 0.3) is 10.4 Å². The first kappa shape index (κ1) is 15.2. The molecular weight excluding hydrogens is 293 g/mol. The summed E-state index contributed by atoms with van der Waals surface area (Å²) >= 11 is 0. The maximum atomic E-state index is 14.4. The number of hydrogen-bond donors (Lipinski definition) is 0. The highest BCUT2D eigenvalue weighted by Crippen LogP contribution is 2.36. The van der Waals surface area contributed by atoms with E-state index in [0.717, 1.165) is 5.56 Å². The first-order chi connectivity index (χ1) is 10.7. The Balaban J connectivity index is 1.82. The number of azide groups is 1. The predicted molar refractivity (Wildman–Crippen MR) is 73.5 cm³/mol. The quantitative estimate of drug-likeness (QED) is 0.487. The summed E-state index contributed by atoms with van der Waals surface area (Å²) in [7, 11) is 1.34. The Morgan fingerprint density at radius 1 is 1.32 bits per heavy atom. The van der Waals surface area contributed by atoms with Crippen molar-refractivity contribution in [1.82, 2.24) is 0 Å². The zero-order chi connectivity index (χ0) is 15.5. The molecule has 0 radical (unpaired) electrons. The Hall–Kier alpha value is -1.70. The minimum Gasteiger partial charge on any atom is -0.353 e. The van der Waals surface area contributed by atoms with E-state index in [4.69, 9.17) is 24.5 Å². The summed E-state index contributed by atoms with van der Waals surface area (Å²) in [5.41, 5.74) is 9.50. The molecule has 6 atom stereocenters. The first-order valence-corrected chi connectivity index (χ1v) is 6.93. The maximum Gasteiger partial charge on any atom is 0.189 e. The van der Waals surface area contributed by atoms with E-state index in [1.807, 2.05) is 30.3 Å². The fourth-order valence-corrected chi connectivity index (χ4v) is 2.71. The van der Waals surface area contributed by atoms with E-state index in [1.165, 1.54) is 7.11 Å². The van der Waals surface area contributed by atoms with Crippen LogP contribution in [-0.4, -0.2) is 44.4 Å². The van der Waals surface area contributed by atoms with Crippen LogP contribution in [0.5, 0.6) is 0 Å². The molecular formula is C14H16FN3O4. The minimum absolute atomic E-state index is 0.203. The summed E-state index contributed by atoms with van der Waals surface area (Å²) in [6.07, 6.45) is -4.62.